The third-order valence-electron chi connectivity index (χ3n) is 10.6. The van der Waals surface area contributed by atoms with Crippen LogP contribution in [0.15, 0.2) is 81.7 Å². The Kier molecular flexibility index (Phi) is 13.0. The van der Waals surface area contributed by atoms with Gasteiger partial charge in [-0.1, -0.05) is 42.0 Å². The largest absolute Gasteiger partial charge is 0.492 e. The van der Waals surface area contributed by atoms with E-state index in [-0.39, 0.29) is 49.1 Å². The summed E-state index contributed by atoms with van der Waals surface area (Å²) in [5.41, 5.74) is 1.80. The summed E-state index contributed by atoms with van der Waals surface area (Å²) in [5, 5.41) is 17.8. The number of hydrogen-bond donors (Lipinski definition) is 3. The molecule has 2 aliphatic heterocycles. The van der Waals surface area contributed by atoms with Crippen LogP contribution in [-0.2, 0) is 33.9 Å². The molecule has 2 heterocycles. The van der Waals surface area contributed by atoms with Crippen LogP contribution < -0.4 is 19.6 Å². The molecule has 3 aromatic carbocycles. The third-order valence-corrected chi connectivity index (χ3v) is 14.0. The van der Waals surface area contributed by atoms with Crippen LogP contribution in [0.1, 0.15) is 73.3 Å². The number of amides is 2. The average Bonchev–Trinajstić information content (AvgIpc) is 3.43. The number of carbonyl (C=O) groups excluding carboxylic acids is 1. The molecule has 0 radical (unpaired) electrons. The first-order valence-electron chi connectivity index (χ1n) is 18.5. The zero-order chi connectivity index (χ0) is 40.3. The van der Waals surface area contributed by atoms with E-state index in [1.807, 2.05) is 26.0 Å². The fraction of sp³-hybridized carbons (Fsp3) is 0.450. The molecule has 2 amide bonds. The molecule has 10 nitrogen and oxygen atoms in total. The van der Waals surface area contributed by atoms with Crippen molar-refractivity contribution in [3.8, 4) is 11.5 Å². The Morgan fingerprint density at radius 2 is 1.96 bits per heavy atom. The van der Waals surface area contributed by atoms with Crippen LogP contribution in [-0.4, -0.2) is 67.3 Å². The molecule has 16 heteroatoms. The third kappa shape index (κ3) is 8.72. The summed E-state index contributed by atoms with van der Waals surface area (Å²) < 4.78 is 81.7. The van der Waals surface area contributed by atoms with E-state index in [2.05, 4.69) is 37.8 Å². The Bertz CT molecular complexity index is 2070. The van der Waals surface area contributed by atoms with Crippen LogP contribution in [0.2, 0.25) is 0 Å². The number of alkyl halides is 3. The first-order valence-corrected chi connectivity index (χ1v) is 21.9. The summed E-state index contributed by atoms with van der Waals surface area (Å²) in [4.78, 5) is 17.7. The lowest BCUT2D eigenvalue weighted by molar-refractivity contribution is -0.137. The number of hydrogen-bond acceptors (Lipinski definition) is 8. The normalized spacial score (nSPS) is 22.4. The second-order valence-corrected chi connectivity index (χ2v) is 18.0. The number of halogens is 4. The van der Waals surface area contributed by atoms with Crippen molar-refractivity contribution in [2.45, 2.75) is 98.6 Å². The van der Waals surface area contributed by atoms with Gasteiger partial charge < -0.3 is 24.8 Å². The van der Waals surface area contributed by atoms with Gasteiger partial charge in [-0.3, -0.25) is 0 Å². The number of sulfonamides is 1. The summed E-state index contributed by atoms with van der Waals surface area (Å²) in [6.07, 6.45) is -0.0716. The molecular weight excluding hydrogens is 833 g/mol. The highest BCUT2D eigenvalue weighted by Gasteiger charge is 2.61. The summed E-state index contributed by atoms with van der Waals surface area (Å²) in [7, 11) is -4.03. The zero-order valence-electron chi connectivity index (χ0n) is 31.2. The van der Waals surface area contributed by atoms with Gasteiger partial charge >= 0.3 is 12.2 Å². The molecule has 1 saturated carbocycles. The molecule has 1 spiro atoms. The monoisotopic (exact) mass is 878 g/mol. The number of aryl methyl sites for hydroxylation is 1. The van der Waals surface area contributed by atoms with E-state index in [0.717, 1.165) is 48.1 Å². The number of thioether (sulfide) groups is 1. The molecule has 3 N–H and O–H groups in total. The van der Waals surface area contributed by atoms with Crippen molar-refractivity contribution < 1.29 is 41.0 Å². The molecule has 4 atom stereocenters. The first kappa shape index (κ1) is 41.9. The number of benzene rings is 3. The van der Waals surface area contributed by atoms with Gasteiger partial charge in [-0.15, -0.1) is 6.58 Å². The smallest absolute Gasteiger partial charge is 0.416 e. The van der Waals surface area contributed by atoms with E-state index in [9.17, 15) is 31.5 Å². The number of aliphatic hydroxyl groups excluding tert-OH is 1. The van der Waals surface area contributed by atoms with Crippen LogP contribution >= 0.6 is 27.7 Å². The number of unbranched alkanes of at least 4 members (excludes halogenated alkanes) is 2. The summed E-state index contributed by atoms with van der Waals surface area (Å²) in [5.74, 6) is 1.24. The maximum atomic E-state index is 13.8. The Morgan fingerprint density at radius 3 is 2.66 bits per heavy atom. The second kappa shape index (κ2) is 17.4. The molecule has 3 aliphatic rings. The van der Waals surface area contributed by atoms with Crippen LogP contribution in [0.4, 0.5) is 18.0 Å². The highest BCUT2D eigenvalue weighted by Crippen LogP contribution is 2.61. The van der Waals surface area contributed by atoms with Gasteiger partial charge in [-0.25, -0.2) is 9.63 Å². The topological polar surface area (TPSA) is 130 Å². The number of carbonyl (C=O) groups is 1. The lowest BCUT2D eigenvalue weighted by Gasteiger charge is -2.46. The number of nitrogens with one attached hydrogen (secondary N) is 2. The van der Waals surface area contributed by atoms with Crippen molar-refractivity contribution in [2.75, 3.05) is 19.8 Å². The fourth-order valence-electron chi connectivity index (χ4n) is 7.84. The number of urea groups is 1. The Hall–Kier alpha value is -3.73. The van der Waals surface area contributed by atoms with E-state index < -0.39 is 44.6 Å². The van der Waals surface area contributed by atoms with Crippen molar-refractivity contribution in [1.29, 1.82) is 0 Å². The van der Waals surface area contributed by atoms with Gasteiger partial charge in [0.2, 0.25) is 0 Å². The lowest BCUT2D eigenvalue weighted by atomic mass is 9.64. The van der Waals surface area contributed by atoms with Crippen molar-refractivity contribution in [1.82, 2.24) is 15.0 Å². The van der Waals surface area contributed by atoms with E-state index >= 15 is 0 Å². The lowest BCUT2D eigenvalue weighted by Crippen LogP contribution is -2.56. The number of allylic oxidation sites excluding steroid dienone is 1. The molecular formula is C40H46BrF3N4O6S2. The molecule has 1 unspecified atom stereocenters. The van der Waals surface area contributed by atoms with Crippen molar-refractivity contribution in [3.63, 3.8) is 0 Å². The molecule has 6 rings (SSSR count). The van der Waals surface area contributed by atoms with Gasteiger partial charge in [-0.2, -0.15) is 38.5 Å². The highest BCUT2D eigenvalue weighted by atomic mass is 79.9. The maximum Gasteiger partial charge on any atom is 0.416 e. The average molecular weight is 880 g/mol. The molecule has 3 aromatic rings. The van der Waals surface area contributed by atoms with Crippen LogP contribution in [0.5, 0.6) is 11.5 Å². The molecule has 0 bridgehead atoms. The van der Waals surface area contributed by atoms with Crippen molar-refractivity contribution in [3.05, 3.63) is 99.5 Å². The standard InChI is InChI=1S/C40H46BrF3N4O6S2/c1-4-6-7-8-16-53-32-18-27-22-48(38(50)45-5-2)30(23-49)21-39-33(54-37(35(27)39)36(32)41)19-29(46-47-56(51,52)31-14-12-25(3)13-15-31)20-34(39)55-24-26-10-9-11-28(17-26)40(42,43)44/h4,9-15,17-18,30,33-34,47,49H,1,5-8,16,19-24H2,2-3H3,(H,45,50)/b46-29+/t30-,33+,34+,39?/m0/s1. The minimum absolute atomic E-state index is 0.0466. The summed E-state index contributed by atoms with van der Waals surface area (Å²) >= 11 is 5.19. The van der Waals surface area contributed by atoms with Crippen LogP contribution in [0.25, 0.3) is 0 Å². The van der Waals surface area contributed by atoms with E-state index in [1.54, 1.807) is 23.1 Å². The van der Waals surface area contributed by atoms with E-state index in [4.69, 9.17) is 9.47 Å². The number of aliphatic hydroxyl groups is 1. The zero-order valence-corrected chi connectivity index (χ0v) is 34.4. The molecule has 56 heavy (non-hydrogen) atoms. The molecule has 1 fully saturated rings. The van der Waals surface area contributed by atoms with Crippen LogP contribution in [0, 0.1) is 6.92 Å². The van der Waals surface area contributed by atoms with Gasteiger partial charge in [0.25, 0.3) is 10.0 Å². The second-order valence-electron chi connectivity index (χ2n) is 14.3. The predicted octanol–water partition coefficient (Wildman–Crippen LogP) is 8.24. The number of ether oxygens (including phenoxy) is 2. The number of rotatable bonds is 14. The summed E-state index contributed by atoms with van der Waals surface area (Å²) in [6, 6.07) is 12.5. The van der Waals surface area contributed by atoms with Crippen molar-refractivity contribution >= 4 is 49.5 Å². The predicted molar refractivity (Wildman–Crippen MR) is 215 cm³/mol. The van der Waals surface area contributed by atoms with Gasteiger partial charge in [0.05, 0.1) is 35.1 Å². The Labute approximate surface area is 338 Å². The molecule has 302 valence electrons. The summed E-state index contributed by atoms with van der Waals surface area (Å²) in [6.45, 7) is 8.03. The molecule has 0 aromatic heterocycles. The minimum atomic E-state index is -4.52. The van der Waals surface area contributed by atoms with Gasteiger partial charge in [0.15, 0.2) is 0 Å². The fourth-order valence-corrected chi connectivity index (χ4v) is 10.8. The number of nitrogens with zero attached hydrogens (tertiary/aromatic N) is 2. The Balaban J connectivity index is 1.45. The quantitative estimate of drug-likeness (QED) is 0.0846. The minimum Gasteiger partial charge on any atom is -0.492 e. The van der Waals surface area contributed by atoms with Crippen molar-refractivity contribution in [2.24, 2.45) is 5.10 Å². The van der Waals surface area contributed by atoms with Gasteiger partial charge in [0, 0.05) is 48.2 Å². The first-order chi connectivity index (χ1) is 26.7. The Morgan fingerprint density at radius 1 is 1.20 bits per heavy atom. The van der Waals surface area contributed by atoms with E-state index in [1.165, 1.54) is 30.0 Å². The SMILES string of the molecule is C=CCCCCOc1cc2c3c(c1Br)O[C@@H]1C/C(=N\NS(=O)(=O)c4ccc(C)cc4)C[C@@H](SCc4cccc(C(F)(F)F)c4)C31C[C@@H](CO)N(C(=O)NCC)C2. The highest BCUT2D eigenvalue weighted by molar-refractivity contribution is 9.10. The molecule has 0 saturated heterocycles. The van der Waals surface area contributed by atoms with Gasteiger partial charge in [-0.05, 0) is 90.9 Å². The number of hydrazone groups is 1. The molecule has 1 aliphatic carbocycles. The van der Waals surface area contributed by atoms with Gasteiger partial charge in [0.1, 0.15) is 22.1 Å². The maximum absolute atomic E-state index is 13.8. The van der Waals surface area contributed by atoms with Crippen LogP contribution in [0.3, 0.4) is 0 Å². The van der Waals surface area contributed by atoms with E-state index in [0.29, 0.717) is 40.4 Å².